The molecule has 0 fully saturated rings. The summed E-state index contributed by atoms with van der Waals surface area (Å²) in [6.07, 6.45) is 1.73. The van der Waals surface area contributed by atoms with Crippen molar-refractivity contribution in [2.24, 2.45) is 11.7 Å². The van der Waals surface area contributed by atoms with E-state index in [-0.39, 0.29) is 18.0 Å². The number of amides is 1. The van der Waals surface area contributed by atoms with Gasteiger partial charge in [-0.2, -0.15) is 0 Å². The number of likely N-dealkylation sites (N-methyl/N-ethyl adjacent to an activating group) is 1. The van der Waals surface area contributed by atoms with Gasteiger partial charge in [0.2, 0.25) is 5.91 Å². The fourth-order valence-electron chi connectivity index (χ4n) is 1.36. The van der Waals surface area contributed by atoms with Crippen LogP contribution in [-0.4, -0.2) is 29.9 Å². The average molecular weight is 200 g/mol. The van der Waals surface area contributed by atoms with Crippen LogP contribution in [0.3, 0.4) is 0 Å². The molecule has 0 aromatic carbocycles. The largest absolute Gasteiger partial charge is 0.342 e. The molecule has 3 nitrogen and oxygen atoms in total. The molecule has 1 unspecified atom stereocenters. The van der Waals surface area contributed by atoms with E-state index in [0.29, 0.717) is 5.92 Å². The third-order valence-electron chi connectivity index (χ3n) is 2.64. The molecule has 0 aromatic heterocycles. The molecular formula is C11H24N2O. The SMILES string of the molecule is CCC(C)N(C)C(=O)[C@H](N)CC(C)C. The van der Waals surface area contributed by atoms with Gasteiger partial charge in [0.1, 0.15) is 0 Å². The van der Waals surface area contributed by atoms with E-state index in [1.165, 1.54) is 0 Å². The van der Waals surface area contributed by atoms with Gasteiger partial charge in [0, 0.05) is 13.1 Å². The minimum Gasteiger partial charge on any atom is -0.342 e. The lowest BCUT2D eigenvalue weighted by Gasteiger charge is -2.27. The molecule has 0 saturated carbocycles. The molecule has 84 valence electrons. The topological polar surface area (TPSA) is 46.3 Å². The lowest BCUT2D eigenvalue weighted by molar-refractivity contribution is -0.133. The van der Waals surface area contributed by atoms with Crippen molar-refractivity contribution >= 4 is 5.91 Å². The Morgan fingerprint density at radius 1 is 1.36 bits per heavy atom. The fraction of sp³-hybridized carbons (Fsp3) is 0.909. The van der Waals surface area contributed by atoms with Crippen LogP contribution in [-0.2, 0) is 4.79 Å². The molecule has 2 atom stereocenters. The molecule has 1 amide bonds. The van der Waals surface area contributed by atoms with Gasteiger partial charge in [-0.25, -0.2) is 0 Å². The number of carbonyl (C=O) groups is 1. The average Bonchev–Trinajstić information content (AvgIpc) is 2.13. The van der Waals surface area contributed by atoms with Crippen molar-refractivity contribution in [3.05, 3.63) is 0 Å². The highest BCUT2D eigenvalue weighted by atomic mass is 16.2. The van der Waals surface area contributed by atoms with Gasteiger partial charge >= 0.3 is 0 Å². The normalized spacial score (nSPS) is 15.4. The lowest BCUT2D eigenvalue weighted by Crippen LogP contribution is -2.45. The van der Waals surface area contributed by atoms with Crippen LogP contribution in [0.2, 0.25) is 0 Å². The van der Waals surface area contributed by atoms with Crippen molar-refractivity contribution in [1.29, 1.82) is 0 Å². The first-order valence-electron chi connectivity index (χ1n) is 5.42. The lowest BCUT2D eigenvalue weighted by atomic mass is 10.0. The second kappa shape index (κ2) is 6.02. The highest BCUT2D eigenvalue weighted by Crippen LogP contribution is 2.08. The first-order chi connectivity index (χ1) is 6.40. The van der Waals surface area contributed by atoms with Gasteiger partial charge in [-0.05, 0) is 25.7 Å². The first-order valence-corrected chi connectivity index (χ1v) is 5.42. The zero-order valence-electron chi connectivity index (χ0n) is 10.1. The molecule has 3 heteroatoms. The summed E-state index contributed by atoms with van der Waals surface area (Å²) in [5, 5.41) is 0. The van der Waals surface area contributed by atoms with Gasteiger partial charge in [-0.3, -0.25) is 4.79 Å². The predicted molar refractivity (Wildman–Crippen MR) is 60.0 cm³/mol. The summed E-state index contributed by atoms with van der Waals surface area (Å²) in [7, 11) is 1.83. The molecule has 0 aliphatic carbocycles. The Hall–Kier alpha value is -0.570. The molecule has 0 saturated heterocycles. The molecule has 0 aliphatic rings. The number of hydrogen-bond acceptors (Lipinski definition) is 2. The summed E-state index contributed by atoms with van der Waals surface area (Å²) in [6, 6.07) is -0.0605. The summed E-state index contributed by atoms with van der Waals surface area (Å²) in [5.74, 6) is 0.535. The van der Waals surface area contributed by atoms with Crippen molar-refractivity contribution in [2.45, 2.75) is 52.6 Å². The minimum absolute atomic E-state index is 0.0630. The molecule has 0 radical (unpaired) electrons. The molecule has 2 N–H and O–H groups in total. The van der Waals surface area contributed by atoms with E-state index in [4.69, 9.17) is 5.73 Å². The van der Waals surface area contributed by atoms with Crippen LogP contribution in [0.5, 0.6) is 0 Å². The smallest absolute Gasteiger partial charge is 0.239 e. The second-order valence-corrected chi connectivity index (χ2v) is 4.44. The van der Waals surface area contributed by atoms with Crippen LogP contribution >= 0.6 is 0 Å². The van der Waals surface area contributed by atoms with Crippen molar-refractivity contribution < 1.29 is 4.79 Å². The maximum absolute atomic E-state index is 11.8. The molecule has 0 aliphatic heterocycles. The zero-order chi connectivity index (χ0) is 11.3. The van der Waals surface area contributed by atoms with E-state index in [1.807, 2.05) is 14.0 Å². The molecule has 0 heterocycles. The van der Waals surface area contributed by atoms with Crippen molar-refractivity contribution in [3.8, 4) is 0 Å². The first kappa shape index (κ1) is 13.4. The van der Waals surface area contributed by atoms with E-state index in [0.717, 1.165) is 12.8 Å². The monoisotopic (exact) mass is 200 g/mol. The summed E-state index contributed by atoms with van der Waals surface area (Å²) < 4.78 is 0. The molecule has 14 heavy (non-hydrogen) atoms. The maximum atomic E-state index is 11.8. The zero-order valence-corrected chi connectivity index (χ0v) is 10.1. The van der Waals surface area contributed by atoms with Gasteiger partial charge < -0.3 is 10.6 Å². The van der Waals surface area contributed by atoms with Crippen LogP contribution in [0.1, 0.15) is 40.5 Å². The van der Waals surface area contributed by atoms with E-state index in [9.17, 15) is 4.79 Å². The third kappa shape index (κ3) is 4.09. The van der Waals surface area contributed by atoms with E-state index in [1.54, 1.807) is 4.90 Å². The number of rotatable bonds is 5. The second-order valence-electron chi connectivity index (χ2n) is 4.44. The summed E-state index contributed by atoms with van der Waals surface area (Å²) >= 11 is 0. The summed E-state index contributed by atoms with van der Waals surface area (Å²) in [6.45, 7) is 8.27. The number of nitrogens with zero attached hydrogens (tertiary/aromatic N) is 1. The molecule has 0 aromatic rings. The quantitative estimate of drug-likeness (QED) is 0.733. The number of nitrogens with two attached hydrogens (primary N) is 1. The Bertz CT molecular complexity index is 180. The molecular weight excluding hydrogens is 176 g/mol. The van der Waals surface area contributed by atoms with Gasteiger partial charge in [0.05, 0.1) is 6.04 Å². The predicted octanol–water partition coefficient (Wildman–Crippen LogP) is 1.62. The third-order valence-corrected chi connectivity index (χ3v) is 2.64. The highest BCUT2D eigenvalue weighted by Gasteiger charge is 2.21. The minimum atomic E-state index is -0.339. The van der Waals surface area contributed by atoms with Gasteiger partial charge in [-0.15, -0.1) is 0 Å². The van der Waals surface area contributed by atoms with Crippen molar-refractivity contribution in [2.75, 3.05) is 7.05 Å². The Labute approximate surface area is 87.6 Å². The van der Waals surface area contributed by atoms with E-state index < -0.39 is 0 Å². The highest BCUT2D eigenvalue weighted by molar-refractivity contribution is 5.81. The Morgan fingerprint density at radius 2 is 1.86 bits per heavy atom. The van der Waals surface area contributed by atoms with Crippen molar-refractivity contribution in [1.82, 2.24) is 4.90 Å². The van der Waals surface area contributed by atoms with E-state index in [2.05, 4.69) is 20.8 Å². The Morgan fingerprint density at radius 3 is 2.21 bits per heavy atom. The van der Waals surface area contributed by atoms with Crippen LogP contribution in [0, 0.1) is 5.92 Å². The van der Waals surface area contributed by atoms with Crippen molar-refractivity contribution in [3.63, 3.8) is 0 Å². The summed E-state index contributed by atoms with van der Waals surface area (Å²) in [4.78, 5) is 13.5. The van der Waals surface area contributed by atoms with Gasteiger partial charge in [0.15, 0.2) is 0 Å². The molecule has 0 spiro atoms. The summed E-state index contributed by atoms with van der Waals surface area (Å²) in [5.41, 5.74) is 5.82. The number of carbonyl (C=O) groups excluding carboxylic acids is 1. The van der Waals surface area contributed by atoms with Crippen LogP contribution in [0.25, 0.3) is 0 Å². The fourth-order valence-corrected chi connectivity index (χ4v) is 1.36. The Kier molecular flexibility index (Phi) is 5.77. The van der Waals surface area contributed by atoms with Gasteiger partial charge in [0.25, 0.3) is 0 Å². The van der Waals surface area contributed by atoms with Crippen LogP contribution in [0.4, 0.5) is 0 Å². The molecule has 0 bridgehead atoms. The van der Waals surface area contributed by atoms with Gasteiger partial charge in [-0.1, -0.05) is 20.8 Å². The molecule has 0 rings (SSSR count). The van der Waals surface area contributed by atoms with Crippen LogP contribution < -0.4 is 5.73 Å². The number of hydrogen-bond donors (Lipinski definition) is 1. The van der Waals surface area contributed by atoms with Crippen LogP contribution in [0.15, 0.2) is 0 Å². The maximum Gasteiger partial charge on any atom is 0.239 e. The standard InChI is InChI=1S/C11H24N2O/c1-6-9(4)13(5)11(14)10(12)7-8(2)3/h8-10H,6-7,12H2,1-5H3/t9?,10-/m1/s1. The van der Waals surface area contributed by atoms with E-state index >= 15 is 0 Å². The Balaban J connectivity index is 4.17.